The predicted octanol–water partition coefficient (Wildman–Crippen LogP) is 1.82. The standard InChI is InChI=1S/C14H12N4O3S/c19-14(18-3-5-20-6-4-18)12-8-22-13(15-12)9-1-2-10-11(7-9)17-21-16-10/h1-2,7-8H,3-6H2. The van der Waals surface area contributed by atoms with Crippen molar-refractivity contribution in [3.8, 4) is 10.6 Å². The van der Waals surface area contributed by atoms with Gasteiger partial charge in [0.1, 0.15) is 21.7 Å². The van der Waals surface area contributed by atoms with E-state index in [2.05, 4.69) is 19.9 Å². The molecule has 1 aliphatic heterocycles. The Morgan fingerprint density at radius 1 is 1.18 bits per heavy atom. The van der Waals surface area contributed by atoms with E-state index in [9.17, 15) is 4.79 Å². The molecule has 22 heavy (non-hydrogen) atoms. The van der Waals surface area contributed by atoms with Crippen LogP contribution in [-0.4, -0.2) is 52.4 Å². The van der Waals surface area contributed by atoms with E-state index in [0.29, 0.717) is 43.0 Å². The van der Waals surface area contributed by atoms with Crippen LogP contribution in [0.5, 0.6) is 0 Å². The highest BCUT2D eigenvalue weighted by Gasteiger charge is 2.21. The maximum absolute atomic E-state index is 12.4. The molecule has 0 bridgehead atoms. The number of ether oxygens (including phenoxy) is 1. The summed E-state index contributed by atoms with van der Waals surface area (Å²) in [5.41, 5.74) is 2.74. The Hall–Kier alpha value is -2.32. The minimum atomic E-state index is -0.0463. The van der Waals surface area contributed by atoms with Gasteiger partial charge in [0.15, 0.2) is 0 Å². The average molecular weight is 316 g/mol. The number of thiazole rings is 1. The van der Waals surface area contributed by atoms with Crippen LogP contribution in [0.2, 0.25) is 0 Å². The molecule has 7 nitrogen and oxygen atoms in total. The summed E-state index contributed by atoms with van der Waals surface area (Å²) in [7, 11) is 0. The van der Waals surface area contributed by atoms with Gasteiger partial charge < -0.3 is 9.64 Å². The third-order valence-electron chi connectivity index (χ3n) is 3.52. The van der Waals surface area contributed by atoms with Crippen molar-refractivity contribution in [3.05, 3.63) is 29.3 Å². The quantitative estimate of drug-likeness (QED) is 0.717. The lowest BCUT2D eigenvalue weighted by Crippen LogP contribution is -2.40. The van der Waals surface area contributed by atoms with E-state index in [1.807, 2.05) is 18.2 Å². The maximum atomic E-state index is 12.4. The average Bonchev–Trinajstić information content (AvgIpc) is 3.23. The summed E-state index contributed by atoms with van der Waals surface area (Å²) >= 11 is 1.44. The van der Waals surface area contributed by atoms with Gasteiger partial charge in [-0.25, -0.2) is 9.61 Å². The van der Waals surface area contributed by atoms with Crippen molar-refractivity contribution in [2.45, 2.75) is 0 Å². The number of morpholine rings is 1. The Labute approximate surface area is 129 Å². The van der Waals surface area contributed by atoms with Crippen LogP contribution in [0.25, 0.3) is 21.6 Å². The minimum absolute atomic E-state index is 0.0463. The maximum Gasteiger partial charge on any atom is 0.273 e. The highest BCUT2D eigenvalue weighted by molar-refractivity contribution is 7.13. The van der Waals surface area contributed by atoms with Gasteiger partial charge in [0.05, 0.1) is 13.2 Å². The second-order valence-electron chi connectivity index (χ2n) is 4.91. The number of carbonyl (C=O) groups excluding carboxylic acids is 1. The first-order chi connectivity index (χ1) is 10.8. The predicted molar refractivity (Wildman–Crippen MR) is 79.6 cm³/mol. The Kier molecular flexibility index (Phi) is 3.32. The molecule has 0 N–H and O–H groups in total. The smallest absolute Gasteiger partial charge is 0.273 e. The van der Waals surface area contributed by atoms with E-state index in [-0.39, 0.29) is 5.91 Å². The van der Waals surface area contributed by atoms with E-state index in [1.165, 1.54) is 11.3 Å². The van der Waals surface area contributed by atoms with Crippen molar-refractivity contribution in [2.75, 3.05) is 26.3 Å². The second kappa shape index (κ2) is 5.47. The van der Waals surface area contributed by atoms with Crippen molar-refractivity contribution in [1.82, 2.24) is 20.2 Å². The molecule has 112 valence electrons. The van der Waals surface area contributed by atoms with Gasteiger partial charge in [-0.15, -0.1) is 11.3 Å². The first kappa shape index (κ1) is 13.4. The molecule has 8 heteroatoms. The molecule has 1 aromatic carbocycles. The van der Waals surface area contributed by atoms with Crippen LogP contribution in [0.3, 0.4) is 0 Å². The largest absolute Gasteiger partial charge is 0.378 e. The first-order valence-corrected chi connectivity index (χ1v) is 7.74. The number of hydrogen-bond donors (Lipinski definition) is 0. The molecule has 0 unspecified atom stereocenters. The van der Waals surface area contributed by atoms with Crippen LogP contribution < -0.4 is 0 Å². The van der Waals surface area contributed by atoms with Crippen molar-refractivity contribution in [2.24, 2.45) is 0 Å². The molecule has 4 rings (SSSR count). The Morgan fingerprint density at radius 3 is 2.86 bits per heavy atom. The molecule has 0 aliphatic carbocycles. The molecule has 0 spiro atoms. The summed E-state index contributed by atoms with van der Waals surface area (Å²) in [5.74, 6) is -0.0463. The van der Waals surface area contributed by atoms with E-state index in [1.54, 1.807) is 10.3 Å². The second-order valence-corrected chi connectivity index (χ2v) is 5.77. The molecule has 1 aliphatic rings. The Morgan fingerprint density at radius 2 is 2.00 bits per heavy atom. The van der Waals surface area contributed by atoms with Crippen molar-refractivity contribution in [1.29, 1.82) is 0 Å². The molecule has 3 aromatic rings. The van der Waals surface area contributed by atoms with E-state index in [0.717, 1.165) is 10.6 Å². The van der Waals surface area contributed by atoms with Crippen molar-refractivity contribution < 1.29 is 14.2 Å². The SMILES string of the molecule is O=C(c1csc(-c2ccc3nonc3c2)n1)N1CCOCC1. The molecular weight excluding hydrogens is 304 g/mol. The molecule has 2 aromatic heterocycles. The van der Waals surface area contributed by atoms with Gasteiger partial charge in [-0.2, -0.15) is 0 Å². The third kappa shape index (κ3) is 2.36. The highest BCUT2D eigenvalue weighted by atomic mass is 32.1. The van der Waals surface area contributed by atoms with Gasteiger partial charge in [0.2, 0.25) is 0 Å². The van der Waals surface area contributed by atoms with E-state index < -0.39 is 0 Å². The molecule has 0 saturated carbocycles. The fraction of sp³-hybridized carbons (Fsp3) is 0.286. The Balaban J connectivity index is 1.61. The first-order valence-electron chi connectivity index (χ1n) is 6.86. The number of fused-ring (bicyclic) bond motifs is 1. The monoisotopic (exact) mass is 316 g/mol. The number of rotatable bonds is 2. The zero-order valence-electron chi connectivity index (χ0n) is 11.6. The zero-order valence-corrected chi connectivity index (χ0v) is 12.4. The Bertz CT molecular complexity index is 822. The number of aromatic nitrogens is 3. The van der Waals surface area contributed by atoms with Gasteiger partial charge in [-0.05, 0) is 28.5 Å². The number of nitrogens with zero attached hydrogens (tertiary/aromatic N) is 4. The summed E-state index contributed by atoms with van der Waals surface area (Å²) < 4.78 is 9.95. The van der Waals surface area contributed by atoms with Gasteiger partial charge in [0, 0.05) is 24.0 Å². The fourth-order valence-electron chi connectivity index (χ4n) is 2.35. The molecule has 3 heterocycles. The van der Waals surface area contributed by atoms with Crippen LogP contribution in [0.4, 0.5) is 0 Å². The molecular formula is C14H12N4O3S. The highest BCUT2D eigenvalue weighted by Crippen LogP contribution is 2.26. The minimum Gasteiger partial charge on any atom is -0.378 e. The van der Waals surface area contributed by atoms with Crippen LogP contribution in [0, 0.1) is 0 Å². The molecule has 0 atom stereocenters. The van der Waals surface area contributed by atoms with Crippen LogP contribution >= 0.6 is 11.3 Å². The van der Waals surface area contributed by atoms with Gasteiger partial charge >= 0.3 is 0 Å². The summed E-state index contributed by atoms with van der Waals surface area (Å²) in [5, 5.41) is 10.2. The number of amides is 1. The lowest BCUT2D eigenvalue weighted by molar-refractivity contribution is 0.0299. The fourth-order valence-corrected chi connectivity index (χ4v) is 3.14. The van der Waals surface area contributed by atoms with E-state index >= 15 is 0 Å². The number of hydrogen-bond acceptors (Lipinski definition) is 7. The van der Waals surface area contributed by atoms with Crippen molar-refractivity contribution in [3.63, 3.8) is 0 Å². The van der Waals surface area contributed by atoms with Gasteiger partial charge in [-0.3, -0.25) is 4.79 Å². The zero-order chi connectivity index (χ0) is 14.9. The molecule has 0 radical (unpaired) electrons. The summed E-state index contributed by atoms with van der Waals surface area (Å²) in [6.07, 6.45) is 0. The molecule has 1 fully saturated rings. The summed E-state index contributed by atoms with van der Waals surface area (Å²) in [4.78, 5) is 18.6. The number of benzene rings is 1. The number of carbonyl (C=O) groups is 1. The molecule has 1 amide bonds. The van der Waals surface area contributed by atoms with E-state index in [4.69, 9.17) is 4.74 Å². The summed E-state index contributed by atoms with van der Waals surface area (Å²) in [6.45, 7) is 2.39. The van der Waals surface area contributed by atoms with Crippen molar-refractivity contribution >= 4 is 28.3 Å². The lowest BCUT2D eigenvalue weighted by Gasteiger charge is -2.25. The van der Waals surface area contributed by atoms with Crippen LogP contribution in [-0.2, 0) is 4.74 Å². The van der Waals surface area contributed by atoms with Crippen LogP contribution in [0.1, 0.15) is 10.5 Å². The lowest BCUT2D eigenvalue weighted by atomic mass is 10.2. The van der Waals surface area contributed by atoms with Crippen LogP contribution in [0.15, 0.2) is 28.2 Å². The summed E-state index contributed by atoms with van der Waals surface area (Å²) in [6, 6.07) is 5.58. The topological polar surface area (TPSA) is 81.3 Å². The third-order valence-corrected chi connectivity index (χ3v) is 4.41. The normalized spacial score (nSPS) is 15.4. The van der Waals surface area contributed by atoms with Gasteiger partial charge in [0.25, 0.3) is 5.91 Å². The molecule has 1 saturated heterocycles. The van der Waals surface area contributed by atoms with Gasteiger partial charge in [-0.1, -0.05) is 0 Å².